The number of hydrogen-bond acceptors (Lipinski definition) is 3. The molecule has 30 heavy (non-hydrogen) atoms. The fraction of sp³-hybridized carbons (Fsp3) is 0.815. The van der Waals surface area contributed by atoms with E-state index in [4.69, 9.17) is 4.74 Å². The molecule has 166 valence electrons. The van der Waals surface area contributed by atoms with Gasteiger partial charge in [-0.25, -0.2) is 0 Å². The number of fused-ring (bicyclic) bond motifs is 4. The molecule has 5 aliphatic rings. The first kappa shape index (κ1) is 20.9. The van der Waals surface area contributed by atoms with Crippen molar-refractivity contribution in [3.8, 4) is 0 Å². The van der Waals surface area contributed by atoms with Crippen molar-refractivity contribution >= 4 is 5.78 Å². The minimum absolute atomic E-state index is 0.0302. The van der Waals surface area contributed by atoms with Crippen LogP contribution in [-0.2, 0) is 9.53 Å². The summed E-state index contributed by atoms with van der Waals surface area (Å²) in [7, 11) is 0. The molecule has 3 heteroatoms. The number of aliphatic hydroxyl groups excluding tert-OH is 1. The van der Waals surface area contributed by atoms with E-state index in [1.165, 1.54) is 31.3 Å². The maximum absolute atomic E-state index is 12.0. The van der Waals surface area contributed by atoms with Crippen LogP contribution >= 0.6 is 0 Å². The number of aliphatic hydroxyl groups is 1. The van der Waals surface area contributed by atoms with Gasteiger partial charge in [-0.2, -0.15) is 0 Å². The second-order valence-corrected chi connectivity index (χ2v) is 11.8. The first-order valence-corrected chi connectivity index (χ1v) is 12.5. The third-order valence-electron chi connectivity index (χ3n) is 10.2. The highest BCUT2D eigenvalue weighted by Gasteiger charge is 2.66. The molecule has 5 rings (SSSR count). The summed E-state index contributed by atoms with van der Waals surface area (Å²) in [6.45, 7) is 9.31. The standard InChI is InChI=1S/C27H40O3/c1-16(2)5-10-24-17(3)21-8-9-23-20-7-6-18-15-19(28)11-13-26(18,4)22(20)12-14-27(21,23)25(29)30-24/h11,13,15-17,20-25,29H,5-10,12,14H2,1-4H3/t17-,20+,21+,22-,23-,24+,25-,26-,27-/m0/s1. The molecule has 0 radical (unpaired) electrons. The first-order chi connectivity index (χ1) is 14.3. The van der Waals surface area contributed by atoms with Crippen molar-refractivity contribution in [2.45, 2.75) is 91.5 Å². The van der Waals surface area contributed by atoms with Crippen LogP contribution in [0, 0.1) is 46.3 Å². The van der Waals surface area contributed by atoms with Gasteiger partial charge >= 0.3 is 0 Å². The van der Waals surface area contributed by atoms with Crippen molar-refractivity contribution in [1.82, 2.24) is 0 Å². The second kappa shape index (κ2) is 7.30. The van der Waals surface area contributed by atoms with E-state index in [0.717, 1.165) is 25.7 Å². The van der Waals surface area contributed by atoms with Gasteiger partial charge in [0.2, 0.25) is 0 Å². The van der Waals surface area contributed by atoms with Gasteiger partial charge in [0.1, 0.15) is 0 Å². The lowest BCUT2D eigenvalue weighted by molar-refractivity contribution is -0.295. The largest absolute Gasteiger partial charge is 0.367 e. The molecule has 0 unspecified atom stereocenters. The van der Waals surface area contributed by atoms with Crippen LogP contribution in [0.2, 0.25) is 0 Å². The Hall–Kier alpha value is -0.930. The van der Waals surface area contributed by atoms with Gasteiger partial charge in [-0.3, -0.25) is 4.79 Å². The molecule has 1 spiro atoms. The van der Waals surface area contributed by atoms with Crippen molar-refractivity contribution in [3.05, 3.63) is 23.8 Å². The van der Waals surface area contributed by atoms with Crippen molar-refractivity contribution in [3.63, 3.8) is 0 Å². The molecular formula is C27H40O3. The van der Waals surface area contributed by atoms with Gasteiger partial charge in [-0.1, -0.05) is 39.3 Å². The van der Waals surface area contributed by atoms with E-state index in [2.05, 4.69) is 33.8 Å². The molecule has 0 aromatic heterocycles. The molecule has 4 aliphatic carbocycles. The Labute approximate surface area is 182 Å². The second-order valence-electron chi connectivity index (χ2n) is 11.8. The Bertz CT molecular complexity index is 766. The van der Waals surface area contributed by atoms with E-state index in [1.807, 2.05) is 6.08 Å². The van der Waals surface area contributed by atoms with Crippen LogP contribution in [-0.4, -0.2) is 23.3 Å². The summed E-state index contributed by atoms with van der Waals surface area (Å²) in [6, 6.07) is 0. The van der Waals surface area contributed by atoms with Crippen LogP contribution in [0.5, 0.6) is 0 Å². The van der Waals surface area contributed by atoms with E-state index >= 15 is 0 Å². The predicted octanol–water partition coefficient (Wildman–Crippen LogP) is 5.68. The molecule has 4 fully saturated rings. The Morgan fingerprint density at radius 1 is 1.17 bits per heavy atom. The number of hydrogen-bond donors (Lipinski definition) is 1. The van der Waals surface area contributed by atoms with E-state index in [1.54, 1.807) is 6.08 Å². The quantitative estimate of drug-likeness (QED) is 0.649. The predicted molar refractivity (Wildman–Crippen MR) is 119 cm³/mol. The van der Waals surface area contributed by atoms with Gasteiger partial charge in [0, 0.05) is 10.8 Å². The van der Waals surface area contributed by atoms with Crippen LogP contribution < -0.4 is 0 Å². The number of allylic oxidation sites excluding steroid dienone is 4. The maximum Gasteiger partial charge on any atom is 0.178 e. The lowest BCUT2D eigenvalue weighted by atomic mass is 9.46. The molecule has 1 N–H and O–H groups in total. The number of rotatable bonds is 3. The lowest BCUT2D eigenvalue weighted by Crippen LogP contribution is -2.60. The molecule has 1 aliphatic heterocycles. The molecule has 0 amide bonds. The average Bonchev–Trinajstić information content (AvgIpc) is 3.12. The number of carbonyl (C=O) groups is 1. The third-order valence-corrected chi connectivity index (χ3v) is 10.2. The SMILES string of the molecule is CC(C)CC[C@H]1O[C@H](O)[C@]23CC[C@H]4[C@@H](CCC5=CC(=O)C=C[C@@]54C)[C@@H]2CC[C@@H]3[C@@H]1C. The fourth-order valence-corrected chi connectivity index (χ4v) is 8.71. The van der Waals surface area contributed by atoms with Crippen LogP contribution in [0.15, 0.2) is 23.8 Å². The van der Waals surface area contributed by atoms with E-state index in [9.17, 15) is 9.90 Å². The minimum Gasteiger partial charge on any atom is -0.367 e. The smallest absolute Gasteiger partial charge is 0.178 e. The summed E-state index contributed by atoms with van der Waals surface area (Å²) in [4.78, 5) is 12.0. The molecule has 0 aromatic rings. The van der Waals surface area contributed by atoms with E-state index in [-0.39, 0.29) is 22.7 Å². The summed E-state index contributed by atoms with van der Waals surface area (Å²) in [5.41, 5.74) is 1.34. The summed E-state index contributed by atoms with van der Waals surface area (Å²) in [5.74, 6) is 3.77. The molecular weight excluding hydrogens is 372 g/mol. The Kier molecular flexibility index (Phi) is 5.10. The zero-order chi connectivity index (χ0) is 21.3. The third kappa shape index (κ3) is 2.87. The number of ketones is 1. The summed E-state index contributed by atoms with van der Waals surface area (Å²) in [6.07, 6.45) is 14.7. The fourth-order valence-electron chi connectivity index (χ4n) is 8.71. The van der Waals surface area contributed by atoms with Crippen molar-refractivity contribution in [2.24, 2.45) is 46.3 Å². The minimum atomic E-state index is -0.600. The molecule has 1 saturated heterocycles. The topological polar surface area (TPSA) is 46.5 Å². The molecule has 9 atom stereocenters. The van der Waals surface area contributed by atoms with Gasteiger partial charge in [0.15, 0.2) is 12.1 Å². The zero-order valence-electron chi connectivity index (χ0n) is 19.3. The van der Waals surface area contributed by atoms with Crippen molar-refractivity contribution < 1.29 is 14.6 Å². The first-order valence-electron chi connectivity index (χ1n) is 12.5. The highest BCUT2D eigenvalue weighted by atomic mass is 16.6. The van der Waals surface area contributed by atoms with E-state index in [0.29, 0.717) is 35.5 Å². The zero-order valence-corrected chi connectivity index (χ0v) is 19.3. The summed E-state index contributed by atoms with van der Waals surface area (Å²) >= 11 is 0. The van der Waals surface area contributed by atoms with Crippen molar-refractivity contribution in [2.75, 3.05) is 0 Å². The van der Waals surface area contributed by atoms with Gasteiger partial charge in [0.05, 0.1) is 6.10 Å². The van der Waals surface area contributed by atoms with Gasteiger partial charge < -0.3 is 9.84 Å². The summed E-state index contributed by atoms with van der Waals surface area (Å²) in [5, 5.41) is 11.4. The number of carbonyl (C=O) groups excluding carboxylic acids is 1. The number of ether oxygens (including phenoxy) is 1. The molecule has 1 heterocycles. The highest BCUT2D eigenvalue weighted by Crippen LogP contribution is 2.69. The van der Waals surface area contributed by atoms with Gasteiger partial charge in [-0.05, 0) is 99.0 Å². The van der Waals surface area contributed by atoms with E-state index < -0.39 is 6.29 Å². The van der Waals surface area contributed by atoms with Crippen LogP contribution in [0.3, 0.4) is 0 Å². The Morgan fingerprint density at radius 3 is 2.70 bits per heavy atom. The van der Waals surface area contributed by atoms with Crippen LogP contribution in [0.4, 0.5) is 0 Å². The molecule has 3 nitrogen and oxygen atoms in total. The highest BCUT2D eigenvalue weighted by molar-refractivity contribution is 6.01. The lowest BCUT2D eigenvalue weighted by Gasteiger charge is -2.61. The van der Waals surface area contributed by atoms with Gasteiger partial charge in [-0.15, -0.1) is 0 Å². The van der Waals surface area contributed by atoms with Crippen LogP contribution in [0.25, 0.3) is 0 Å². The summed E-state index contributed by atoms with van der Waals surface area (Å²) < 4.78 is 6.43. The molecule has 0 bridgehead atoms. The maximum atomic E-state index is 12.0. The normalized spacial score (nSPS) is 49.9. The van der Waals surface area contributed by atoms with Crippen molar-refractivity contribution in [1.29, 1.82) is 0 Å². The van der Waals surface area contributed by atoms with Crippen LogP contribution in [0.1, 0.15) is 79.1 Å². The molecule has 0 aromatic carbocycles. The Morgan fingerprint density at radius 2 is 1.93 bits per heavy atom. The van der Waals surface area contributed by atoms with Gasteiger partial charge in [0.25, 0.3) is 0 Å². The monoisotopic (exact) mass is 412 g/mol. The average molecular weight is 413 g/mol. The molecule has 3 saturated carbocycles. The Balaban J connectivity index is 1.42.